The molecule has 1 aromatic heterocycles. The third-order valence-electron chi connectivity index (χ3n) is 8.12. The summed E-state index contributed by atoms with van der Waals surface area (Å²) < 4.78 is 9.38. The van der Waals surface area contributed by atoms with Crippen LogP contribution in [0.15, 0.2) is 54.7 Å². The zero-order valence-corrected chi connectivity index (χ0v) is 24.4. The first-order chi connectivity index (χ1) is 18.4. The fourth-order valence-electron chi connectivity index (χ4n) is 6.33. The van der Waals surface area contributed by atoms with Crippen LogP contribution in [0, 0.1) is 25.8 Å². The Morgan fingerprint density at radius 3 is 2.28 bits per heavy atom. The minimum absolute atomic E-state index is 0.0992. The molecule has 1 aliphatic rings. The van der Waals surface area contributed by atoms with Crippen LogP contribution in [-0.4, -0.2) is 5.54 Å². The molecule has 0 saturated carbocycles. The fourth-order valence-corrected chi connectivity index (χ4v) is 6.33. The van der Waals surface area contributed by atoms with E-state index in [1.165, 1.54) is 55.1 Å². The molecule has 0 atom stereocenters. The van der Waals surface area contributed by atoms with Crippen molar-refractivity contribution < 1.29 is 9.30 Å². The molecule has 0 radical (unpaired) electrons. The number of aryl methyl sites for hydroxylation is 3. The van der Waals surface area contributed by atoms with Crippen LogP contribution in [0.1, 0.15) is 56.9 Å². The lowest BCUT2D eigenvalue weighted by Gasteiger charge is -2.28. The highest BCUT2D eigenvalue weighted by Gasteiger charge is 2.35. The van der Waals surface area contributed by atoms with E-state index in [9.17, 15) is 0 Å². The summed E-state index contributed by atoms with van der Waals surface area (Å²) >= 11 is 0. The van der Waals surface area contributed by atoms with Gasteiger partial charge in [0.2, 0.25) is 11.2 Å². The van der Waals surface area contributed by atoms with E-state index in [0.717, 1.165) is 35.1 Å². The van der Waals surface area contributed by atoms with Crippen molar-refractivity contribution in [2.24, 2.45) is 12.5 Å². The average Bonchev–Trinajstić information content (AvgIpc) is 2.87. The maximum Gasteiger partial charge on any atom is 0.231 e. The van der Waals surface area contributed by atoms with Crippen LogP contribution in [0.4, 0.5) is 0 Å². The molecule has 4 aromatic carbocycles. The van der Waals surface area contributed by atoms with E-state index in [1.807, 2.05) is 13.8 Å². The number of pyridine rings is 1. The molecule has 0 amide bonds. The van der Waals surface area contributed by atoms with Crippen molar-refractivity contribution in [1.82, 2.24) is 0 Å². The highest BCUT2D eigenvalue weighted by molar-refractivity contribution is 6.13. The van der Waals surface area contributed by atoms with Gasteiger partial charge in [0.1, 0.15) is 18.5 Å². The molecule has 3 nitrogen and oxygen atoms in total. The van der Waals surface area contributed by atoms with E-state index in [1.54, 1.807) is 0 Å². The third-order valence-corrected chi connectivity index (χ3v) is 8.12. The predicted molar refractivity (Wildman–Crippen MR) is 163 cm³/mol. The van der Waals surface area contributed by atoms with E-state index in [2.05, 4.69) is 106 Å². The lowest BCUT2D eigenvalue weighted by molar-refractivity contribution is -0.659. The van der Waals surface area contributed by atoms with Crippen LogP contribution < -0.4 is 9.30 Å². The molecule has 0 bridgehead atoms. The summed E-state index contributed by atoms with van der Waals surface area (Å²) in [5.41, 5.74) is 7.12. The Bertz CT molecular complexity index is 1880. The maximum absolute atomic E-state index is 7.58. The van der Waals surface area contributed by atoms with Gasteiger partial charge in [-0.1, -0.05) is 62.7 Å². The summed E-state index contributed by atoms with van der Waals surface area (Å²) in [6, 6.07) is 17.9. The number of aromatic nitrogens is 1. The SMILES string of the molecule is [C-]#[N+]C(C)(C)Cc1ccc2c3c4c([n+](C)ccc4cc2c1)-c1c(c(CC(C)(C)C)c2ccc(C)cc2c1C)O3. The number of hydrogen-bond donors (Lipinski definition) is 0. The first-order valence-electron chi connectivity index (χ1n) is 13.9. The summed E-state index contributed by atoms with van der Waals surface area (Å²) in [4.78, 5) is 3.83. The molecule has 0 fully saturated rings. The summed E-state index contributed by atoms with van der Waals surface area (Å²) in [7, 11) is 2.15. The second-order valence-electron chi connectivity index (χ2n) is 13.3. The van der Waals surface area contributed by atoms with Gasteiger partial charge in [0.05, 0.1) is 17.4 Å². The second-order valence-corrected chi connectivity index (χ2v) is 13.3. The Labute approximate surface area is 231 Å². The van der Waals surface area contributed by atoms with Crippen LogP contribution in [0.5, 0.6) is 11.5 Å². The Morgan fingerprint density at radius 2 is 1.56 bits per heavy atom. The summed E-state index contributed by atoms with van der Waals surface area (Å²) in [6.07, 6.45) is 3.82. The molecule has 0 saturated heterocycles. The normalized spacial score (nSPS) is 13.0. The van der Waals surface area contributed by atoms with Crippen LogP contribution in [0.3, 0.4) is 0 Å². The standard InChI is InChI=1S/C36H37N2O/c1-21-10-12-27-28(16-21)22(2)30-32-31-24(14-15-38(32)9)18-25-17-23(19-36(6,7)37-8)11-13-26(25)33(31)39-34(30)29(27)20-35(3,4)5/h10-18H,19-20H2,1-7,9H3/q+1. The van der Waals surface area contributed by atoms with Gasteiger partial charge in [-0.2, -0.15) is 0 Å². The minimum Gasteiger partial charge on any atom is -0.455 e. The Morgan fingerprint density at radius 1 is 0.821 bits per heavy atom. The van der Waals surface area contributed by atoms with Crippen LogP contribution >= 0.6 is 0 Å². The molecule has 1 aliphatic heterocycles. The van der Waals surface area contributed by atoms with Gasteiger partial charge in [-0.25, -0.2) is 11.1 Å². The maximum atomic E-state index is 7.58. The van der Waals surface area contributed by atoms with Crippen molar-refractivity contribution in [1.29, 1.82) is 0 Å². The van der Waals surface area contributed by atoms with E-state index in [0.29, 0.717) is 0 Å². The van der Waals surface area contributed by atoms with Gasteiger partial charge >= 0.3 is 0 Å². The molecule has 6 rings (SSSR count). The number of benzene rings is 4. The van der Waals surface area contributed by atoms with Crippen LogP contribution in [-0.2, 0) is 19.9 Å². The van der Waals surface area contributed by atoms with Crippen LogP contribution in [0.2, 0.25) is 0 Å². The zero-order chi connectivity index (χ0) is 27.9. The van der Waals surface area contributed by atoms with Crippen LogP contribution in [0.25, 0.3) is 48.4 Å². The quantitative estimate of drug-likeness (QED) is 0.131. The van der Waals surface area contributed by atoms with E-state index in [4.69, 9.17) is 11.3 Å². The topological polar surface area (TPSA) is 17.5 Å². The first-order valence-corrected chi connectivity index (χ1v) is 13.9. The minimum atomic E-state index is -0.423. The van der Waals surface area contributed by atoms with E-state index in [-0.39, 0.29) is 5.41 Å². The van der Waals surface area contributed by atoms with Crippen molar-refractivity contribution in [3.05, 3.63) is 88.4 Å². The van der Waals surface area contributed by atoms with Gasteiger partial charge in [0.25, 0.3) is 0 Å². The molecule has 39 heavy (non-hydrogen) atoms. The fraction of sp³-hybridized carbons (Fsp3) is 0.333. The summed E-state index contributed by atoms with van der Waals surface area (Å²) in [6.45, 7) is 22.9. The number of ether oxygens (including phenoxy) is 1. The van der Waals surface area contributed by atoms with Gasteiger partial charge < -0.3 is 9.58 Å². The van der Waals surface area contributed by atoms with Crippen molar-refractivity contribution in [2.45, 2.75) is 66.8 Å². The van der Waals surface area contributed by atoms with Gasteiger partial charge in [0, 0.05) is 30.9 Å². The number of nitrogens with zero attached hydrogens (tertiary/aromatic N) is 2. The van der Waals surface area contributed by atoms with Crippen molar-refractivity contribution in [2.75, 3.05) is 0 Å². The summed E-state index contributed by atoms with van der Waals surface area (Å²) in [5, 5.41) is 7.22. The number of hydrogen-bond acceptors (Lipinski definition) is 1. The highest BCUT2D eigenvalue weighted by Crippen LogP contribution is 2.53. The Kier molecular flexibility index (Phi) is 5.57. The molecule has 0 spiro atoms. The van der Waals surface area contributed by atoms with Crippen molar-refractivity contribution in [3.63, 3.8) is 0 Å². The Balaban J connectivity index is 1.71. The second kappa shape index (κ2) is 8.55. The molecule has 5 aromatic rings. The van der Waals surface area contributed by atoms with Gasteiger partial charge in [0.15, 0.2) is 6.20 Å². The molecule has 3 heteroatoms. The molecule has 0 aliphatic carbocycles. The molecular formula is C36H37N2O+. The monoisotopic (exact) mass is 513 g/mol. The van der Waals surface area contributed by atoms with E-state index < -0.39 is 5.54 Å². The smallest absolute Gasteiger partial charge is 0.231 e. The number of fused-ring (bicyclic) bond motifs is 5. The van der Waals surface area contributed by atoms with Gasteiger partial charge in [-0.3, -0.25) is 0 Å². The van der Waals surface area contributed by atoms with Gasteiger partial charge in [-0.15, -0.1) is 0 Å². The van der Waals surface area contributed by atoms with Gasteiger partial charge in [-0.05, 0) is 64.4 Å². The predicted octanol–water partition coefficient (Wildman–Crippen LogP) is 9.19. The first kappa shape index (κ1) is 25.4. The number of rotatable bonds is 3. The third kappa shape index (κ3) is 4.14. The lowest BCUT2D eigenvalue weighted by Crippen LogP contribution is -2.32. The van der Waals surface area contributed by atoms with Crippen molar-refractivity contribution >= 4 is 32.3 Å². The highest BCUT2D eigenvalue weighted by atomic mass is 16.5. The molecular weight excluding hydrogens is 476 g/mol. The summed E-state index contributed by atoms with van der Waals surface area (Å²) in [5.74, 6) is 1.94. The largest absolute Gasteiger partial charge is 0.455 e. The van der Waals surface area contributed by atoms with Crippen molar-refractivity contribution in [3.8, 4) is 22.8 Å². The molecule has 0 unspecified atom stereocenters. The average molecular weight is 514 g/mol. The molecule has 0 N–H and O–H groups in total. The zero-order valence-electron chi connectivity index (χ0n) is 24.4. The Hall–Kier alpha value is -3.90. The molecule has 196 valence electrons. The molecule has 2 heterocycles. The lowest BCUT2D eigenvalue weighted by atomic mass is 9.81. The van der Waals surface area contributed by atoms with E-state index >= 15 is 0 Å².